The number of pyridine rings is 1. The van der Waals surface area contributed by atoms with Gasteiger partial charge in [-0.3, -0.25) is 4.98 Å². The van der Waals surface area contributed by atoms with Crippen molar-refractivity contribution < 1.29 is 9.53 Å². The Labute approximate surface area is 142 Å². The highest BCUT2D eigenvalue weighted by molar-refractivity contribution is 5.74. The van der Waals surface area contributed by atoms with Gasteiger partial charge in [0.05, 0.1) is 18.7 Å². The van der Waals surface area contributed by atoms with Gasteiger partial charge in [-0.15, -0.1) is 0 Å². The van der Waals surface area contributed by atoms with Gasteiger partial charge in [0.2, 0.25) is 0 Å². The van der Waals surface area contributed by atoms with Gasteiger partial charge >= 0.3 is 6.03 Å². The highest BCUT2D eigenvalue weighted by Crippen LogP contribution is 2.21. The predicted octanol–water partition coefficient (Wildman–Crippen LogP) is 3.29. The Hall–Kier alpha value is -2.40. The van der Waals surface area contributed by atoms with Crippen LogP contribution in [0.1, 0.15) is 31.4 Å². The third-order valence-corrected chi connectivity index (χ3v) is 4.25. The number of amides is 2. The fourth-order valence-electron chi connectivity index (χ4n) is 2.86. The lowest BCUT2D eigenvalue weighted by atomic mass is 10.0. The number of nitrogens with one attached hydrogen (secondary N) is 2. The third-order valence-electron chi connectivity index (χ3n) is 4.25. The number of hydrogen-bond donors (Lipinski definition) is 2. The van der Waals surface area contributed by atoms with Gasteiger partial charge in [0.1, 0.15) is 0 Å². The average molecular weight is 325 g/mol. The molecule has 1 saturated heterocycles. The molecule has 3 rings (SSSR count). The summed E-state index contributed by atoms with van der Waals surface area (Å²) in [5, 5.41) is 5.96. The molecule has 1 aromatic heterocycles. The van der Waals surface area contributed by atoms with Gasteiger partial charge in [-0.05, 0) is 42.5 Å². The normalized spacial score (nSPS) is 18.6. The molecule has 2 heterocycles. The van der Waals surface area contributed by atoms with E-state index in [1.807, 2.05) is 37.4 Å². The second-order valence-corrected chi connectivity index (χ2v) is 6.12. The molecule has 2 amide bonds. The Morgan fingerprint density at radius 2 is 2.08 bits per heavy atom. The van der Waals surface area contributed by atoms with Crippen molar-refractivity contribution in [1.82, 2.24) is 15.6 Å². The maximum absolute atomic E-state index is 12.1. The first kappa shape index (κ1) is 16.5. The van der Waals surface area contributed by atoms with Gasteiger partial charge in [0.25, 0.3) is 0 Å². The molecule has 1 aromatic carbocycles. The zero-order chi connectivity index (χ0) is 16.8. The Bertz CT molecular complexity index is 652. The minimum atomic E-state index is -0.144. The quantitative estimate of drug-likeness (QED) is 0.907. The lowest BCUT2D eigenvalue weighted by Crippen LogP contribution is -2.46. The summed E-state index contributed by atoms with van der Waals surface area (Å²) < 4.78 is 5.38. The van der Waals surface area contributed by atoms with E-state index >= 15 is 0 Å². The lowest BCUT2D eigenvalue weighted by Gasteiger charge is -2.24. The SMILES string of the molecule is C[C@@H](NC(=O)N[C@H]1CCCOC1)c1ccc(-c2cccnc2)cc1. The van der Waals surface area contributed by atoms with E-state index < -0.39 is 0 Å². The molecule has 126 valence electrons. The van der Waals surface area contributed by atoms with Crippen molar-refractivity contribution in [2.24, 2.45) is 0 Å². The van der Waals surface area contributed by atoms with E-state index in [9.17, 15) is 4.79 Å². The zero-order valence-corrected chi connectivity index (χ0v) is 13.9. The maximum Gasteiger partial charge on any atom is 0.315 e. The van der Waals surface area contributed by atoms with Gasteiger partial charge in [-0.1, -0.05) is 30.3 Å². The summed E-state index contributed by atoms with van der Waals surface area (Å²) >= 11 is 0. The summed E-state index contributed by atoms with van der Waals surface area (Å²) in [5.74, 6) is 0. The van der Waals surface area contributed by atoms with Crippen LogP contribution in [-0.2, 0) is 4.74 Å². The second kappa shape index (κ2) is 7.93. The van der Waals surface area contributed by atoms with Crippen LogP contribution in [0.3, 0.4) is 0 Å². The molecule has 0 saturated carbocycles. The Morgan fingerprint density at radius 3 is 2.75 bits per heavy atom. The predicted molar refractivity (Wildman–Crippen MR) is 93.6 cm³/mol. The number of nitrogens with zero attached hydrogens (tertiary/aromatic N) is 1. The number of urea groups is 1. The molecular formula is C19H23N3O2. The molecule has 1 aliphatic heterocycles. The van der Waals surface area contributed by atoms with Gasteiger partial charge in [0.15, 0.2) is 0 Å². The number of aromatic nitrogens is 1. The number of carbonyl (C=O) groups is 1. The standard InChI is InChI=1S/C19H23N3O2/c1-14(21-19(23)22-18-5-3-11-24-13-18)15-6-8-16(9-7-15)17-4-2-10-20-12-17/h2,4,6-10,12,14,18H,3,5,11,13H2,1H3,(H2,21,22,23)/t14-,18+/m1/s1. The smallest absolute Gasteiger partial charge is 0.315 e. The summed E-state index contributed by atoms with van der Waals surface area (Å²) in [4.78, 5) is 16.2. The van der Waals surface area contributed by atoms with E-state index in [1.165, 1.54) is 0 Å². The number of carbonyl (C=O) groups excluding carboxylic acids is 1. The van der Waals surface area contributed by atoms with Crippen LogP contribution >= 0.6 is 0 Å². The van der Waals surface area contributed by atoms with Crippen molar-refractivity contribution in [2.45, 2.75) is 31.8 Å². The number of benzene rings is 1. The molecule has 0 unspecified atom stereocenters. The zero-order valence-electron chi connectivity index (χ0n) is 13.9. The Balaban J connectivity index is 1.56. The summed E-state index contributed by atoms with van der Waals surface area (Å²) in [6, 6.07) is 12.0. The minimum absolute atomic E-state index is 0.0579. The summed E-state index contributed by atoms with van der Waals surface area (Å²) in [7, 11) is 0. The largest absolute Gasteiger partial charge is 0.379 e. The van der Waals surface area contributed by atoms with Crippen LogP contribution in [0.25, 0.3) is 11.1 Å². The molecule has 2 N–H and O–H groups in total. The highest BCUT2D eigenvalue weighted by Gasteiger charge is 2.17. The van der Waals surface area contributed by atoms with Crippen molar-refractivity contribution in [3.63, 3.8) is 0 Å². The van der Waals surface area contributed by atoms with E-state index in [-0.39, 0.29) is 18.1 Å². The number of hydrogen-bond acceptors (Lipinski definition) is 3. The lowest BCUT2D eigenvalue weighted by molar-refractivity contribution is 0.0730. The molecule has 5 heteroatoms. The molecule has 1 fully saturated rings. The van der Waals surface area contributed by atoms with Crippen LogP contribution in [0.5, 0.6) is 0 Å². The van der Waals surface area contributed by atoms with Crippen LogP contribution in [0, 0.1) is 0 Å². The fourth-order valence-corrected chi connectivity index (χ4v) is 2.86. The van der Waals surface area contributed by atoms with Crippen molar-refractivity contribution in [3.05, 3.63) is 54.4 Å². The van der Waals surface area contributed by atoms with Crippen LogP contribution < -0.4 is 10.6 Å². The Morgan fingerprint density at radius 1 is 1.25 bits per heavy atom. The van der Waals surface area contributed by atoms with E-state index in [0.717, 1.165) is 36.1 Å². The summed E-state index contributed by atoms with van der Waals surface area (Å²) in [6.45, 7) is 3.37. The topological polar surface area (TPSA) is 63.2 Å². The van der Waals surface area contributed by atoms with Crippen molar-refractivity contribution in [1.29, 1.82) is 0 Å². The van der Waals surface area contributed by atoms with Crippen LogP contribution in [0.2, 0.25) is 0 Å². The van der Waals surface area contributed by atoms with Crippen LogP contribution in [0.4, 0.5) is 4.79 Å². The van der Waals surface area contributed by atoms with Crippen molar-refractivity contribution >= 4 is 6.03 Å². The maximum atomic E-state index is 12.1. The van der Waals surface area contributed by atoms with Crippen molar-refractivity contribution in [3.8, 4) is 11.1 Å². The van der Waals surface area contributed by atoms with E-state index in [4.69, 9.17) is 4.74 Å². The molecule has 2 aromatic rings. The van der Waals surface area contributed by atoms with E-state index in [1.54, 1.807) is 6.20 Å². The third kappa shape index (κ3) is 4.32. The summed E-state index contributed by atoms with van der Waals surface area (Å²) in [5.41, 5.74) is 3.26. The molecule has 1 aliphatic rings. The van der Waals surface area contributed by atoms with Crippen LogP contribution in [0.15, 0.2) is 48.8 Å². The van der Waals surface area contributed by atoms with Crippen LogP contribution in [-0.4, -0.2) is 30.3 Å². The molecule has 0 aliphatic carbocycles. The van der Waals surface area contributed by atoms with Gasteiger partial charge < -0.3 is 15.4 Å². The van der Waals surface area contributed by atoms with Gasteiger partial charge in [0, 0.05) is 19.0 Å². The summed E-state index contributed by atoms with van der Waals surface area (Å²) in [6.07, 6.45) is 5.58. The first-order valence-corrected chi connectivity index (χ1v) is 8.37. The minimum Gasteiger partial charge on any atom is -0.379 e. The first-order valence-electron chi connectivity index (χ1n) is 8.37. The molecule has 5 nitrogen and oxygen atoms in total. The highest BCUT2D eigenvalue weighted by atomic mass is 16.5. The molecule has 0 bridgehead atoms. The fraction of sp³-hybridized carbons (Fsp3) is 0.368. The van der Waals surface area contributed by atoms with Crippen molar-refractivity contribution in [2.75, 3.05) is 13.2 Å². The Kier molecular flexibility index (Phi) is 5.43. The number of rotatable bonds is 4. The van der Waals surface area contributed by atoms with Gasteiger partial charge in [-0.25, -0.2) is 4.79 Å². The second-order valence-electron chi connectivity index (χ2n) is 6.12. The molecule has 2 atom stereocenters. The molecule has 0 radical (unpaired) electrons. The average Bonchev–Trinajstić information content (AvgIpc) is 2.63. The molecular weight excluding hydrogens is 302 g/mol. The monoisotopic (exact) mass is 325 g/mol. The molecule has 0 spiro atoms. The van der Waals surface area contributed by atoms with E-state index in [0.29, 0.717) is 6.61 Å². The first-order chi connectivity index (χ1) is 11.7. The molecule has 24 heavy (non-hydrogen) atoms. The van der Waals surface area contributed by atoms with E-state index in [2.05, 4.69) is 27.8 Å². The number of ether oxygens (including phenoxy) is 1. The van der Waals surface area contributed by atoms with Gasteiger partial charge in [-0.2, -0.15) is 0 Å².